The molecule has 3 rings (SSSR count). The summed E-state index contributed by atoms with van der Waals surface area (Å²) >= 11 is 0. The Hall–Kier alpha value is -2.16. The van der Waals surface area contributed by atoms with Crippen LogP contribution in [0.5, 0.6) is 5.75 Å². The van der Waals surface area contributed by atoms with Gasteiger partial charge in [0.2, 0.25) is 0 Å². The van der Waals surface area contributed by atoms with Gasteiger partial charge in [0.25, 0.3) is 0 Å². The van der Waals surface area contributed by atoms with Crippen LogP contribution in [0.1, 0.15) is 31.2 Å². The highest BCUT2D eigenvalue weighted by molar-refractivity contribution is 5.57. The quantitative estimate of drug-likeness (QED) is 0.829. The first-order valence-corrected chi connectivity index (χ1v) is 8.49. The van der Waals surface area contributed by atoms with E-state index in [0.717, 1.165) is 11.4 Å². The van der Waals surface area contributed by atoms with Crippen molar-refractivity contribution in [2.45, 2.75) is 44.7 Å². The summed E-state index contributed by atoms with van der Waals surface area (Å²) in [6.45, 7) is 2.14. The lowest BCUT2D eigenvalue weighted by Crippen LogP contribution is -2.41. The van der Waals surface area contributed by atoms with Gasteiger partial charge in [-0.1, -0.05) is 37.1 Å². The second kappa shape index (κ2) is 7.40. The summed E-state index contributed by atoms with van der Waals surface area (Å²) < 4.78 is 5.47. The smallest absolute Gasteiger partial charge is 0.141 e. The zero-order valence-electron chi connectivity index (χ0n) is 14.0. The first-order valence-electron chi connectivity index (χ1n) is 8.49. The van der Waals surface area contributed by atoms with E-state index >= 15 is 0 Å². The maximum atomic E-state index is 5.47. The average molecular weight is 310 g/mol. The van der Waals surface area contributed by atoms with Crippen LogP contribution in [0.3, 0.4) is 0 Å². The van der Waals surface area contributed by atoms with Crippen molar-refractivity contribution >= 4 is 11.4 Å². The molecule has 0 unspecified atom stereocenters. The lowest BCUT2D eigenvalue weighted by molar-refractivity contribution is 0.406. The molecule has 0 radical (unpaired) electrons. The fourth-order valence-electron chi connectivity index (χ4n) is 3.39. The fraction of sp³-hybridized carbons (Fsp3) is 0.400. The van der Waals surface area contributed by atoms with Crippen molar-refractivity contribution in [2.75, 3.05) is 17.7 Å². The zero-order chi connectivity index (χ0) is 16.1. The third-order valence-electron chi connectivity index (χ3n) is 4.58. The Morgan fingerprint density at radius 3 is 2.39 bits per heavy atom. The maximum Gasteiger partial charge on any atom is 0.141 e. The number of methoxy groups -OCH3 is 1. The molecule has 0 spiro atoms. The standard InChI is InChI=1S/C20H26N2O/c1-15-8-7-9-16(14-15)21-17-10-3-4-11-18(17)22-19-12-5-6-13-20(19)23-2/h5-9,12-14,17-18,21-22H,3-4,10-11H2,1-2H3/t17-,18-/m0/s1. The molecule has 2 aromatic carbocycles. The van der Waals surface area contributed by atoms with Crippen LogP contribution in [-0.4, -0.2) is 19.2 Å². The Labute approximate surface area is 139 Å². The van der Waals surface area contributed by atoms with Gasteiger partial charge >= 0.3 is 0 Å². The molecule has 0 saturated heterocycles. The Bertz CT molecular complexity index is 641. The Balaban J connectivity index is 1.73. The molecule has 23 heavy (non-hydrogen) atoms. The monoisotopic (exact) mass is 310 g/mol. The van der Waals surface area contributed by atoms with E-state index in [1.807, 2.05) is 12.1 Å². The van der Waals surface area contributed by atoms with Gasteiger partial charge in [-0.25, -0.2) is 0 Å². The number of hydrogen-bond acceptors (Lipinski definition) is 3. The van der Waals surface area contributed by atoms with Crippen LogP contribution in [-0.2, 0) is 0 Å². The molecule has 3 heteroatoms. The molecule has 2 N–H and O–H groups in total. The van der Waals surface area contributed by atoms with Gasteiger partial charge < -0.3 is 15.4 Å². The van der Waals surface area contributed by atoms with Crippen LogP contribution in [0.15, 0.2) is 48.5 Å². The maximum absolute atomic E-state index is 5.47. The minimum Gasteiger partial charge on any atom is -0.495 e. The van der Waals surface area contributed by atoms with Crippen molar-refractivity contribution in [3.05, 3.63) is 54.1 Å². The molecule has 0 bridgehead atoms. The van der Waals surface area contributed by atoms with Crippen molar-refractivity contribution in [1.29, 1.82) is 0 Å². The molecule has 1 aliphatic carbocycles. The molecule has 1 saturated carbocycles. The van der Waals surface area contributed by atoms with E-state index in [9.17, 15) is 0 Å². The fourth-order valence-corrected chi connectivity index (χ4v) is 3.39. The van der Waals surface area contributed by atoms with Gasteiger partial charge in [-0.15, -0.1) is 0 Å². The minimum absolute atomic E-state index is 0.417. The van der Waals surface area contributed by atoms with Crippen LogP contribution in [0.2, 0.25) is 0 Å². The van der Waals surface area contributed by atoms with Crippen molar-refractivity contribution in [3.8, 4) is 5.75 Å². The summed E-state index contributed by atoms with van der Waals surface area (Å²) in [5.74, 6) is 0.910. The van der Waals surface area contributed by atoms with Crippen molar-refractivity contribution in [2.24, 2.45) is 0 Å². The summed E-state index contributed by atoms with van der Waals surface area (Å²) in [5, 5.41) is 7.42. The second-order valence-electron chi connectivity index (χ2n) is 6.36. The van der Waals surface area contributed by atoms with Crippen molar-refractivity contribution in [3.63, 3.8) is 0 Å². The first-order chi connectivity index (χ1) is 11.3. The third-order valence-corrected chi connectivity index (χ3v) is 4.58. The SMILES string of the molecule is COc1ccccc1N[C@H]1CCCC[C@@H]1Nc1cccc(C)c1. The number of aryl methyl sites for hydroxylation is 1. The Morgan fingerprint density at radius 2 is 1.65 bits per heavy atom. The molecular formula is C20H26N2O. The van der Waals surface area contributed by atoms with E-state index in [0.29, 0.717) is 12.1 Å². The molecule has 2 aromatic rings. The Kier molecular flexibility index (Phi) is 5.06. The highest BCUT2D eigenvalue weighted by Crippen LogP contribution is 2.29. The highest BCUT2D eigenvalue weighted by atomic mass is 16.5. The van der Waals surface area contributed by atoms with Crippen LogP contribution >= 0.6 is 0 Å². The van der Waals surface area contributed by atoms with Gasteiger partial charge in [0.1, 0.15) is 5.75 Å². The molecule has 0 heterocycles. The van der Waals surface area contributed by atoms with Crippen molar-refractivity contribution < 1.29 is 4.74 Å². The van der Waals surface area contributed by atoms with Gasteiger partial charge in [-0.2, -0.15) is 0 Å². The summed E-state index contributed by atoms with van der Waals surface area (Å²) in [5.41, 5.74) is 3.58. The molecule has 0 aromatic heterocycles. The summed E-state index contributed by atoms with van der Waals surface area (Å²) in [4.78, 5) is 0. The molecule has 1 aliphatic rings. The predicted octanol–water partition coefficient (Wildman–Crippen LogP) is 4.84. The molecule has 122 valence electrons. The van der Waals surface area contributed by atoms with Gasteiger partial charge in [0, 0.05) is 17.8 Å². The van der Waals surface area contributed by atoms with Gasteiger partial charge in [-0.05, 0) is 49.6 Å². The topological polar surface area (TPSA) is 33.3 Å². The van der Waals surface area contributed by atoms with Crippen LogP contribution in [0.25, 0.3) is 0 Å². The van der Waals surface area contributed by atoms with Gasteiger partial charge in [-0.3, -0.25) is 0 Å². The Morgan fingerprint density at radius 1 is 0.913 bits per heavy atom. The summed E-state index contributed by atoms with van der Waals surface area (Å²) in [6.07, 6.45) is 4.94. The number of benzene rings is 2. The van der Waals surface area contributed by atoms with Gasteiger partial charge in [0.05, 0.1) is 12.8 Å². The highest BCUT2D eigenvalue weighted by Gasteiger charge is 2.25. The first kappa shape index (κ1) is 15.7. The average Bonchev–Trinajstić information content (AvgIpc) is 2.57. The largest absolute Gasteiger partial charge is 0.495 e. The summed E-state index contributed by atoms with van der Waals surface area (Å²) in [6, 6.07) is 17.6. The van der Waals surface area contributed by atoms with E-state index < -0.39 is 0 Å². The predicted molar refractivity (Wildman–Crippen MR) is 97.5 cm³/mol. The lowest BCUT2D eigenvalue weighted by Gasteiger charge is -2.34. The van der Waals surface area contributed by atoms with Gasteiger partial charge in [0.15, 0.2) is 0 Å². The number of nitrogens with one attached hydrogen (secondary N) is 2. The van der Waals surface area contributed by atoms with Crippen LogP contribution in [0, 0.1) is 6.92 Å². The minimum atomic E-state index is 0.417. The normalized spacial score (nSPS) is 20.8. The van der Waals surface area contributed by atoms with E-state index in [4.69, 9.17) is 4.74 Å². The van der Waals surface area contributed by atoms with Crippen LogP contribution in [0.4, 0.5) is 11.4 Å². The summed E-state index contributed by atoms with van der Waals surface area (Å²) in [7, 11) is 1.73. The molecule has 2 atom stereocenters. The number of anilines is 2. The molecular weight excluding hydrogens is 284 g/mol. The second-order valence-corrected chi connectivity index (χ2v) is 6.36. The number of ether oxygens (including phenoxy) is 1. The van der Waals surface area contributed by atoms with Crippen LogP contribution < -0.4 is 15.4 Å². The molecule has 1 fully saturated rings. The van der Waals surface area contributed by atoms with E-state index in [2.05, 4.69) is 54.0 Å². The van der Waals surface area contributed by atoms with E-state index in [1.54, 1.807) is 7.11 Å². The molecule has 3 nitrogen and oxygen atoms in total. The van der Waals surface area contributed by atoms with E-state index in [1.165, 1.54) is 36.9 Å². The molecule has 0 amide bonds. The van der Waals surface area contributed by atoms with E-state index in [-0.39, 0.29) is 0 Å². The number of para-hydroxylation sites is 2. The zero-order valence-corrected chi connectivity index (χ0v) is 14.0. The number of rotatable bonds is 5. The third kappa shape index (κ3) is 3.98. The molecule has 0 aliphatic heterocycles. The number of hydrogen-bond donors (Lipinski definition) is 2. The lowest BCUT2D eigenvalue weighted by atomic mass is 9.89. The van der Waals surface area contributed by atoms with Crippen molar-refractivity contribution in [1.82, 2.24) is 0 Å².